The Morgan fingerprint density at radius 1 is 1.00 bits per heavy atom. The highest BCUT2D eigenvalue weighted by molar-refractivity contribution is 6.21. The maximum Gasteiger partial charge on any atom is 0.306 e. The zero-order valence-electron chi connectivity index (χ0n) is 17.3. The quantitative estimate of drug-likeness (QED) is 0.359. The molecule has 2 heterocycles. The van der Waals surface area contributed by atoms with E-state index < -0.39 is 12.1 Å². The molecule has 0 spiro atoms. The van der Waals surface area contributed by atoms with Crippen LogP contribution in [0.5, 0.6) is 0 Å². The number of para-hydroxylation sites is 1. The first-order valence-electron chi connectivity index (χ1n) is 10.1. The van der Waals surface area contributed by atoms with Gasteiger partial charge in [0.15, 0.2) is 6.10 Å². The van der Waals surface area contributed by atoms with Gasteiger partial charge in [-0.2, -0.15) is 0 Å². The number of H-pyrrole nitrogens is 1. The SMILES string of the molecule is Cc1[nH]c2ccccc2c1C(=O)[C@H](C)OC(=O)CCCN1C(=O)c2ccccc2C1=O. The molecule has 4 rings (SSSR count). The van der Waals surface area contributed by atoms with Crippen LogP contribution in [0.1, 0.15) is 56.5 Å². The first-order chi connectivity index (χ1) is 14.9. The molecule has 0 radical (unpaired) electrons. The molecular weight excluding hydrogens is 396 g/mol. The normalized spacial score (nSPS) is 14.1. The highest BCUT2D eigenvalue weighted by atomic mass is 16.5. The largest absolute Gasteiger partial charge is 0.454 e. The number of ketones is 1. The van der Waals surface area contributed by atoms with Crippen LogP contribution >= 0.6 is 0 Å². The van der Waals surface area contributed by atoms with Crippen LogP contribution in [0.2, 0.25) is 0 Å². The highest BCUT2D eigenvalue weighted by Gasteiger charge is 2.34. The number of nitrogens with one attached hydrogen (secondary N) is 1. The van der Waals surface area contributed by atoms with E-state index in [2.05, 4.69) is 4.98 Å². The Labute approximate surface area is 179 Å². The third-order valence-electron chi connectivity index (χ3n) is 5.46. The molecule has 0 saturated carbocycles. The summed E-state index contributed by atoms with van der Waals surface area (Å²) >= 11 is 0. The van der Waals surface area contributed by atoms with Crippen LogP contribution < -0.4 is 0 Å². The van der Waals surface area contributed by atoms with Crippen molar-refractivity contribution in [3.8, 4) is 0 Å². The van der Waals surface area contributed by atoms with Crippen molar-refractivity contribution in [1.82, 2.24) is 9.88 Å². The number of imide groups is 1. The average molecular weight is 418 g/mol. The Hall–Kier alpha value is -3.74. The summed E-state index contributed by atoms with van der Waals surface area (Å²) in [7, 11) is 0. The second kappa shape index (κ2) is 8.18. The number of Topliss-reactive ketones (excluding diaryl/α,β-unsaturated/α-hetero) is 1. The van der Waals surface area contributed by atoms with Crippen molar-refractivity contribution in [2.75, 3.05) is 6.54 Å². The Kier molecular flexibility index (Phi) is 5.42. The Morgan fingerprint density at radius 3 is 2.29 bits per heavy atom. The monoisotopic (exact) mass is 418 g/mol. The summed E-state index contributed by atoms with van der Waals surface area (Å²) in [5.41, 5.74) is 2.84. The van der Waals surface area contributed by atoms with Gasteiger partial charge >= 0.3 is 5.97 Å². The molecule has 158 valence electrons. The first-order valence-corrected chi connectivity index (χ1v) is 10.1. The number of rotatable bonds is 7. The van der Waals surface area contributed by atoms with Gasteiger partial charge in [-0.1, -0.05) is 30.3 Å². The van der Waals surface area contributed by atoms with Gasteiger partial charge in [-0.05, 0) is 38.5 Å². The minimum Gasteiger partial charge on any atom is -0.454 e. The third kappa shape index (κ3) is 3.74. The summed E-state index contributed by atoms with van der Waals surface area (Å²) in [4.78, 5) is 54.2. The number of ether oxygens (including phenoxy) is 1. The standard InChI is InChI=1S/C24H22N2O5/c1-14-21(18-10-5-6-11-19(18)25-14)22(28)15(2)31-20(27)12-7-13-26-23(29)16-8-3-4-9-17(16)24(26)30/h3-6,8-11,15,25H,7,12-13H2,1-2H3/t15-/m0/s1. The van der Waals surface area contributed by atoms with Crippen LogP contribution in [0.4, 0.5) is 0 Å². The summed E-state index contributed by atoms with van der Waals surface area (Å²) in [6.07, 6.45) is -0.681. The molecule has 31 heavy (non-hydrogen) atoms. The van der Waals surface area contributed by atoms with E-state index in [0.29, 0.717) is 16.7 Å². The summed E-state index contributed by atoms with van der Waals surface area (Å²) in [5.74, 6) is -1.53. The van der Waals surface area contributed by atoms with Gasteiger partial charge in [-0.25, -0.2) is 0 Å². The lowest BCUT2D eigenvalue weighted by molar-refractivity contribution is -0.146. The lowest BCUT2D eigenvalue weighted by atomic mass is 10.0. The number of aryl methyl sites for hydroxylation is 1. The minimum absolute atomic E-state index is 0.00209. The zero-order valence-corrected chi connectivity index (χ0v) is 17.3. The van der Waals surface area contributed by atoms with E-state index in [4.69, 9.17) is 4.74 Å². The number of benzene rings is 2. The zero-order chi connectivity index (χ0) is 22.1. The first kappa shape index (κ1) is 20.5. The number of esters is 1. The number of aromatic nitrogens is 1. The van der Waals surface area contributed by atoms with Gasteiger partial charge in [0.05, 0.1) is 11.1 Å². The Bertz CT molecular complexity index is 1170. The molecule has 3 aromatic rings. The Morgan fingerprint density at radius 2 is 1.61 bits per heavy atom. The van der Waals surface area contributed by atoms with Crippen molar-refractivity contribution in [2.24, 2.45) is 0 Å². The van der Waals surface area contributed by atoms with Gasteiger partial charge in [0, 0.05) is 35.1 Å². The predicted molar refractivity (Wildman–Crippen MR) is 114 cm³/mol. The molecule has 1 N–H and O–H groups in total. The average Bonchev–Trinajstić information content (AvgIpc) is 3.22. The predicted octanol–water partition coefficient (Wildman–Crippen LogP) is 3.67. The van der Waals surface area contributed by atoms with Crippen molar-refractivity contribution in [3.63, 3.8) is 0 Å². The molecule has 2 amide bonds. The number of amides is 2. The third-order valence-corrected chi connectivity index (χ3v) is 5.46. The maximum atomic E-state index is 12.9. The van der Waals surface area contributed by atoms with Gasteiger partial charge in [0.25, 0.3) is 11.8 Å². The number of nitrogens with zero attached hydrogens (tertiary/aromatic N) is 1. The van der Waals surface area contributed by atoms with Crippen LogP contribution in [0.15, 0.2) is 48.5 Å². The number of hydrogen-bond donors (Lipinski definition) is 1. The fourth-order valence-electron chi connectivity index (χ4n) is 3.93. The number of aromatic amines is 1. The second-order valence-electron chi connectivity index (χ2n) is 7.58. The Balaban J connectivity index is 1.33. The van der Waals surface area contributed by atoms with Crippen LogP contribution in [0.25, 0.3) is 10.9 Å². The van der Waals surface area contributed by atoms with E-state index in [0.717, 1.165) is 21.5 Å². The van der Waals surface area contributed by atoms with Crippen molar-refractivity contribution in [3.05, 3.63) is 70.9 Å². The second-order valence-corrected chi connectivity index (χ2v) is 7.58. The minimum atomic E-state index is -0.940. The fraction of sp³-hybridized carbons (Fsp3) is 0.250. The molecule has 0 saturated heterocycles. The van der Waals surface area contributed by atoms with Crippen LogP contribution in [-0.4, -0.2) is 46.1 Å². The molecule has 1 atom stereocenters. The van der Waals surface area contributed by atoms with Crippen molar-refractivity contribution in [1.29, 1.82) is 0 Å². The van der Waals surface area contributed by atoms with Crippen LogP contribution in [0, 0.1) is 6.92 Å². The van der Waals surface area contributed by atoms with Crippen LogP contribution in [0.3, 0.4) is 0 Å². The van der Waals surface area contributed by atoms with Gasteiger partial charge in [0.1, 0.15) is 0 Å². The molecule has 0 fully saturated rings. The van der Waals surface area contributed by atoms with Gasteiger partial charge in [-0.15, -0.1) is 0 Å². The van der Waals surface area contributed by atoms with E-state index in [1.807, 2.05) is 31.2 Å². The number of fused-ring (bicyclic) bond motifs is 2. The molecule has 1 aromatic heterocycles. The summed E-state index contributed by atoms with van der Waals surface area (Å²) in [5, 5.41) is 0.790. The number of hydrogen-bond acceptors (Lipinski definition) is 5. The molecule has 1 aliphatic heterocycles. The summed E-state index contributed by atoms with van der Waals surface area (Å²) in [6.45, 7) is 3.47. The molecule has 0 unspecified atom stereocenters. The van der Waals surface area contributed by atoms with E-state index in [1.54, 1.807) is 31.2 Å². The van der Waals surface area contributed by atoms with E-state index in [-0.39, 0.29) is 37.0 Å². The van der Waals surface area contributed by atoms with Gasteiger partial charge in [-0.3, -0.25) is 24.1 Å². The van der Waals surface area contributed by atoms with Crippen molar-refractivity contribution < 1.29 is 23.9 Å². The molecular formula is C24H22N2O5. The smallest absolute Gasteiger partial charge is 0.306 e. The summed E-state index contributed by atoms with van der Waals surface area (Å²) in [6, 6.07) is 14.1. The fourth-order valence-corrected chi connectivity index (χ4v) is 3.93. The van der Waals surface area contributed by atoms with Gasteiger partial charge < -0.3 is 9.72 Å². The molecule has 7 heteroatoms. The summed E-state index contributed by atoms with van der Waals surface area (Å²) < 4.78 is 5.33. The number of carbonyl (C=O) groups is 4. The molecule has 0 aliphatic carbocycles. The van der Waals surface area contributed by atoms with Crippen molar-refractivity contribution >= 4 is 34.5 Å². The maximum absolute atomic E-state index is 12.9. The molecule has 2 aromatic carbocycles. The van der Waals surface area contributed by atoms with Gasteiger partial charge in [0.2, 0.25) is 5.78 Å². The highest BCUT2D eigenvalue weighted by Crippen LogP contribution is 2.25. The van der Waals surface area contributed by atoms with Crippen molar-refractivity contribution in [2.45, 2.75) is 32.8 Å². The topological polar surface area (TPSA) is 96.5 Å². The lowest BCUT2D eigenvalue weighted by Gasteiger charge is -2.15. The van der Waals surface area contributed by atoms with E-state index in [1.165, 1.54) is 0 Å². The van der Waals surface area contributed by atoms with E-state index >= 15 is 0 Å². The molecule has 0 bridgehead atoms. The molecule has 7 nitrogen and oxygen atoms in total. The van der Waals surface area contributed by atoms with E-state index in [9.17, 15) is 19.2 Å². The van der Waals surface area contributed by atoms with Crippen LogP contribution in [-0.2, 0) is 9.53 Å². The number of carbonyl (C=O) groups excluding carboxylic acids is 4. The molecule has 1 aliphatic rings. The lowest BCUT2D eigenvalue weighted by Crippen LogP contribution is -2.31.